The van der Waals surface area contributed by atoms with E-state index in [1.807, 2.05) is 12.1 Å². The van der Waals surface area contributed by atoms with Gasteiger partial charge in [0.1, 0.15) is 11.3 Å². The van der Waals surface area contributed by atoms with Crippen LogP contribution in [-0.2, 0) is 9.53 Å². The summed E-state index contributed by atoms with van der Waals surface area (Å²) in [4.78, 5) is 11.7. The molecule has 1 aromatic carbocycles. The normalized spacial score (nSPS) is 13.6. The lowest BCUT2D eigenvalue weighted by Crippen LogP contribution is -2.46. The van der Waals surface area contributed by atoms with Crippen LogP contribution in [0, 0.1) is 13.8 Å². The van der Waals surface area contributed by atoms with E-state index in [9.17, 15) is 4.79 Å². The molecule has 0 aromatic heterocycles. The first kappa shape index (κ1) is 17.5. The zero-order valence-electron chi connectivity index (χ0n) is 13.6. The molecule has 0 heterocycles. The Morgan fingerprint density at radius 1 is 1.29 bits per heavy atom. The van der Waals surface area contributed by atoms with Crippen LogP contribution in [-0.4, -0.2) is 24.7 Å². The molecule has 0 aliphatic rings. The molecule has 0 aliphatic heterocycles. The Bertz CT molecular complexity index is 469. The van der Waals surface area contributed by atoms with Crippen molar-refractivity contribution in [1.82, 2.24) is 0 Å². The molecule has 4 heteroatoms. The molecule has 0 spiro atoms. The number of ether oxygens (including phenoxy) is 2. The molecule has 21 heavy (non-hydrogen) atoms. The largest absolute Gasteiger partial charge is 0.493 e. The molecule has 1 aromatic rings. The van der Waals surface area contributed by atoms with Gasteiger partial charge in [-0.3, -0.25) is 4.79 Å². The van der Waals surface area contributed by atoms with E-state index in [1.54, 1.807) is 13.8 Å². The van der Waals surface area contributed by atoms with Crippen molar-refractivity contribution in [3.63, 3.8) is 0 Å². The molecule has 0 radical (unpaired) electrons. The number of nitrogens with two attached hydrogens (primary N) is 1. The van der Waals surface area contributed by atoms with Crippen LogP contribution >= 0.6 is 0 Å². The fraction of sp³-hybridized carbons (Fsp3) is 0.588. The van der Waals surface area contributed by atoms with Gasteiger partial charge in [-0.25, -0.2) is 0 Å². The molecule has 1 atom stereocenters. The molecular weight excluding hydrogens is 266 g/mol. The molecular formula is C17H27NO3. The first-order chi connectivity index (χ1) is 9.88. The molecule has 4 nitrogen and oxygen atoms in total. The van der Waals surface area contributed by atoms with Crippen molar-refractivity contribution >= 4 is 5.97 Å². The van der Waals surface area contributed by atoms with Crippen LogP contribution in [0.15, 0.2) is 18.2 Å². The van der Waals surface area contributed by atoms with E-state index < -0.39 is 5.54 Å². The van der Waals surface area contributed by atoms with Gasteiger partial charge in [-0.05, 0) is 64.2 Å². The monoisotopic (exact) mass is 293 g/mol. The summed E-state index contributed by atoms with van der Waals surface area (Å²) < 4.78 is 10.8. The third kappa shape index (κ3) is 5.38. The molecule has 0 fully saturated rings. The van der Waals surface area contributed by atoms with E-state index in [2.05, 4.69) is 19.9 Å². The van der Waals surface area contributed by atoms with Gasteiger partial charge in [0.25, 0.3) is 0 Å². The van der Waals surface area contributed by atoms with Crippen molar-refractivity contribution in [2.75, 3.05) is 13.2 Å². The summed E-state index contributed by atoms with van der Waals surface area (Å²) >= 11 is 0. The molecule has 0 bridgehead atoms. The first-order valence-corrected chi connectivity index (χ1v) is 7.53. The van der Waals surface area contributed by atoms with Gasteiger partial charge in [-0.15, -0.1) is 0 Å². The lowest BCUT2D eigenvalue weighted by Gasteiger charge is -2.22. The molecule has 2 N–H and O–H groups in total. The fourth-order valence-electron chi connectivity index (χ4n) is 2.05. The molecule has 0 amide bonds. The van der Waals surface area contributed by atoms with Gasteiger partial charge in [0.05, 0.1) is 13.2 Å². The average molecular weight is 293 g/mol. The van der Waals surface area contributed by atoms with Crippen molar-refractivity contribution in [3.8, 4) is 5.75 Å². The summed E-state index contributed by atoms with van der Waals surface area (Å²) in [6, 6.07) is 6.05. The summed E-state index contributed by atoms with van der Waals surface area (Å²) in [7, 11) is 0. The third-order valence-electron chi connectivity index (χ3n) is 3.64. The Morgan fingerprint density at radius 2 is 2.00 bits per heavy atom. The second kappa shape index (κ2) is 8.03. The van der Waals surface area contributed by atoms with Crippen molar-refractivity contribution < 1.29 is 14.3 Å². The predicted octanol–water partition coefficient (Wildman–Crippen LogP) is 3.13. The zero-order chi connectivity index (χ0) is 15.9. The third-order valence-corrected chi connectivity index (χ3v) is 3.64. The number of benzene rings is 1. The summed E-state index contributed by atoms with van der Waals surface area (Å²) in [6.07, 6.45) is 2.29. The quantitative estimate of drug-likeness (QED) is 0.591. The highest BCUT2D eigenvalue weighted by atomic mass is 16.5. The van der Waals surface area contributed by atoms with Crippen LogP contribution in [0.2, 0.25) is 0 Å². The van der Waals surface area contributed by atoms with Crippen molar-refractivity contribution in [2.45, 2.75) is 52.5 Å². The lowest BCUT2D eigenvalue weighted by molar-refractivity contribution is -0.149. The Balaban J connectivity index is 2.32. The minimum Gasteiger partial charge on any atom is -0.493 e. The van der Waals surface area contributed by atoms with Crippen LogP contribution in [0.5, 0.6) is 5.75 Å². The molecule has 118 valence electrons. The molecule has 1 unspecified atom stereocenters. The standard InChI is InChI=1S/C17H27NO3/c1-5-20-16(19)17(4,18)11-6-7-12-21-15-10-8-9-13(2)14(15)3/h8-10H,5-7,11-12,18H2,1-4H3. The van der Waals surface area contributed by atoms with Crippen LogP contribution < -0.4 is 10.5 Å². The molecule has 1 rings (SSSR count). The predicted molar refractivity (Wildman–Crippen MR) is 84.5 cm³/mol. The van der Waals surface area contributed by atoms with Crippen LogP contribution in [0.4, 0.5) is 0 Å². The second-order valence-electron chi connectivity index (χ2n) is 5.64. The minimum absolute atomic E-state index is 0.333. The van der Waals surface area contributed by atoms with E-state index >= 15 is 0 Å². The Morgan fingerprint density at radius 3 is 2.67 bits per heavy atom. The van der Waals surface area contributed by atoms with E-state index in [0.29, 0.717) is 19.6 Å². The number of carbonyl (C=O) groups excluding carboxylic acids is 1. The maximum atomic E-state index is 11.7. The first-order valence-electron chi connectivity index (χ1n) is 7.53. The van der Waals surface area contributed by atoms with Gasteiger partial charge >= 0.3 is 5.97 Å². The van der Waals surface area contributed by atoms with Gasteiger partial charge < -0.3 is 15.2 Å². The smallest absolute Gasteiger partial charge is 0.325 e. The molecule has 0 saturated carbocycles. The van der Waals surface area contributed by atoms with Crippen molar-refractivity contribution in [2.24, 2.45) is 5.73 Å². The Hall–Kier alpha value is -1.55. The number of carbonyl (C=O) groups is 1. The van der Waals surface area contributed by atoms with E-state index in [1.165, 1.54) is 11.1 Å². The van der Waals surface area contributed by atoms with Crippen LogP contribution in [0.25, 0.3) is 0 Å². The zero-order valence-corrected chi connectivity index (χ0v) is 13.6. The van der Waals surface area contributed by atoms with Gasteiger partial charge in [0, 0.05) is 0 Å². The summed E-state index contributed by atoms with van der Waals surface area (Å²) in [5.74, 6) is 0.594. The summed E-state index contributed by atoms with van der Waals surface area (Å²) in [5, 5.41) is 0. The number of hydrogen-bond donors (Lipinski definition) is 1. The highest BCUT2D eigenvalue weighted by molar-refractivity contribution is 5.79. The lowest BCUT2D eigenvalue weighted by atomic mass is 9.96. The molecule has 0 aliphatic carbocycles. The van der Waals surface area contributed by atoms with Crippen molar-refractivity contribution in [3.05, 3.63) is 29.3 Å². The number of rotatable bonds is 8. The fourth-order valence-corrected chi connectivity index (χ4v) is 2.05. The number of hydrogen-bond acceptors (Lipinski definition) is 4. The van der Waals surface area contributed by atoms with E-state index in [4.69, 9.17) is 15.2 Å². The number of esters is 1. The number of unbranched alkanes of at least 4 members (excludes halogenated alkanes) is 1. The van der Waals surface area contributed by atoms with Crippen LogP contribution in [0.1, 0.15) is 44.2 Å². The Kier molecular flexibility index (Phi) is 6.69. The highest BCUT2D eigenvalue weighted by Gasteiger charge is 2.28. The second-order valence-corrected chi connectivity index (χ2v) is 5.64. The highest BCUT2D eigenvalue weighted by Crippen LogP contribution is 2.21. The Labute approximate surface area is 127 Å². The topological polar surface area (TPSA) is 61.5 Å². The number of aryl methyl sites for hydroxylation is 1. The van der Waals surface area contributed by atoms with Gasteiger partial charge in [0.2, 0.25) is 0 Å². The van der Waals surface area contributed by atoms with E-state index in [0.717, 1.165) is 18.6 Å². The van der Waals surface area contributed by atoms with E-state index in [-0.39, 0.29) is 5.97 Å². The maximum Gasteiger partial charge on any atom is 0.325 e. The average Bonchev–Trinajstić information content (AvgIpc) is 2.43. The van der Waals surface area contributed by atoms with Gasteiger partial charge in [-0.1, -0.05) is 12.1 Å². The summed E-state index contributed by atoms with van der Waals surface area (Å²) in [5.41, 5.74) is 7.46. The molecule has 0 saturated heterocycles. The van der Waals surface area contributed by atoms with Crippen molar-refractivity contribution in [1.29, 1.82) is 0 Å². The minimum atomic E-state index is -0.907. The van der Waals surface area contributed by atoms with Gasteiger partial charge in [0.15, 0.2) is 0 Å². The van der Waals surface area contributed by atoms with Crippen LogP contribution in [0.3, 0.4) is 0 Å². The van der Waals surface area contributed by atoms with Gasteiger partial charge in [-0.2, -0.15) is 0 Å². The summed E-state index contributed by atoms with van der Waals surface area (Å²) in [6.45, 7) is 8.62. The maximum absolute atomic E-state index is 11.7. The SMILES string of the molecule is CCOC(=O)C(C)(N)CCCCOc1cccc(C)c1C.